The van der Waals surface area contributed by atoms with E-state index >= 15 is 0 Å². The van der Waals surface area contributed by atoms with Crippen molar-refractivity contribution in [2.75, 3.05) is 13.7 Å². The van der Waals surface area contributed by atoms with Crippen LogP contribution in [0.2, 0.25) is 0 Å². The van der Waals surface area contributed by atoms with Crippen molar-refractivity contribution in [3.8, 4) is 17.0 Å². The lowest BCUT2D eigenvalue weighted by atomic mass is 10.1. The average Bonchev–Trinajstić information content (AvgIpc) is 3.11. The van der Waals surface area contributed by atoms with Gasteiger partial charge in [-0.3, -0.25) is 0 Å². The van der Waals surface area contributed by atoms with E-state index in [2.05, 4.69) is 9.97 Å². The highest BCUT2D eigenvalue weighted by atomic mass is 32.2. The third-order valence-electron chi connectivity index (χ3n) is 4.57. The number of halogens is 3. The van der Waals surface area contributed by atoms with E-state index in [1.165, 1.54) is 7.11 Å². The van der Waals surface area contributed by atoms with E-state index in [4.69, 9.17) is 14.2 Å². The number of methoxy groups -OCH3 is 1. The first kappa shape index (κ1) is 19.4. The summed E-state index contributed by atoms with van der Waals surface area (Å²) < 4.78 is 56.1. The van der Waals surface area contributed by atoms with Crippen molar-refractivity contribution < 1.29 is 32.5 Å². The molecule has 2 saturated heterocycles. The molecule has 3 heterocycles. The minimum absolute atomic E-state index is 0.0215. The van der Waals surface area contributed by atoms with Gasteiger partial charge in [0.15, 0.2) is 11.4 Å². The fraction of sp³-hybridized carbons (Fsp3) is 0.444. The molecule has 6 nitrogen and oxygen atoms in total. The topological polar surface area (TPSA) is 73.7 Å². The number of alkyl halides is 3. The van der Waals surface area contributed by atoms with Crippen LogP contribution in [-0.2, 0) is 15.7 Å². The molecule has 1 aromatic heterocycles. The Labute approximate surface area is 163 Å². The van der Waals surface area contributed by atoms with Gasteiger partial charge in [-0.15, -0.1) is 0 Å². The molecule has 0 radical (unpaired) electrons. The van der Waals surface area contributed by atoms with Crippen LogP contribution >= 0.6 is 11.8 Å². The summed E-state index contributed by atoms with van der Waals surface area (Å²) in [6.07, 6.45) is -6.09. The summed E-state index contributed by atoms with van der Waals surface area (Å²) in [7, 11) is 1.51. The molecular formula is C18H17F3N2O4S. The predicted molar refractivity (Wildman–Crippen MR) is 93.9 cm³/mol. The Bertz CT molecular complexity index is 850. The van der Waals surface area contributed by atoms with E-state index in [0.717, 1.165) is 17.8 Å². The van der Waals surface area contributed by atoms with E-state index in [0.29, 0.717) is 17.7 Å². The van der Waals surface area contributed by atoms with Gasteiger partial charge in [0.1, 0.15) is 17.5 Å². The van der Waals surface area contributed by atoms with Crippen LogP contribution in [0.4, 0.5) is 13.2 Å². The Balaban J connectivity index is 1.66. The van der Waals surface area contributed by atoms with E-state index < -0.39 is 24.3 Å². The quantitative estimate of drug-likeness (QED) is 0.771. The van der Waals surface area contributed by atoms with Crippen molar-refractivity contribution in [2.24, 2.45) is 0 Å². The van der Waals surface area contributed by atoms with E-state index in [1.54, 1.807) is 24.3 Å². The number of rotatable bonds is 4. The van der Waals surface area contributed by atoms with Crippen LogP contribution in [0, 0.1) is 0 Å². The van der Waals surface area contributed by atoms with Crippen LogP contribution in [-0.4, -0.2) is 52.5 Å². The van der Waals surface area contributed by atoms with Crippen LogP contribution in [0.15, 0.2) is 35.5 Å². The molecule has 0 spiro atoms. The number of benzene rings is 1. The van der Waals surface area contributed by atoms with Gasteiger partial charge in [0.2, 0.25) is 0 Å². The number of aliphatic hydroxyl groups excluding tert-OH is 1. The molecule has 1 N–H and O–H groups in total. The smallest absolute Gasteiger partial charge is 0.433 e. The second-order valence-corrected chi connectivity index (χ2v) is 7.69. The van der Waals surface area contributed by atoms with Crippen LogP contribution in [0.25, 0.3) is 11.3 Å². The van der Waals surface area contributed by atoms with Gasteiger partial charge in [-0.25, -0.2) is 9.97 Å². The Morgan fingerprint density at radius 1 is 1.21 bits per heavy atom. The van der Waals surface area contributed by atoms with Gasteiger partial charge < -0.3 is 19.3 Å². The van der Waals surface area contributed by atoms with Crippen molar-refractivity contribution >= 4 is 11.8 Å². The number of aliphatic hydroxyl groups is 1. The van der Waals surface area contributed by atoms with Gasteiger partial charge in [0.25, 0.3) is 0 Å². The number of thioether (sulfide) groups is 1. The number of ether oxygens (including phenoxy) is 3. The van der Waals surface area contributed by atoms with E-state index in [9.17, 15) is 18.3 Å². The molecule has 1 unspecified atom stereocenters. The van der Waals surface area contributed by atoms with Crippen LogP contribution in [0.1, 0.15) is 12.1 Å². The molecule has 10 heteroatoms. The minimum atomic E-state index is -4.61. The minimum Gasteiger partial charge on any atom is -0.497 e. The molecule has 28 heavy (non-hydrogen) atoms. The Morgan fingerprint density at radius 3 is 2.64 bits per heavy atom. The van der Waals surface area contributed by atoms with E-state index in [-0.39, 0.29) is 28.8 Å². The van der Waals surface area contributed by atoms with Crippen LogP contribution in [0.5, 0.6) is 5.75 Å². The molecule has 2 aromatic rings. The fourth-order valence-corrected chi connectivity index (χ4v) is 4.29. The summed E-state index contributed by atoms with van der Waals surface area (Å²) in [5, 5.41) is 9.69. The molecule has 0 aliphatic carbocycles. The molecule has 4 rings (SSSR count). The van der Waals surface area contributed by atoms with Gasteiger partial charge >= 0.3 is 6.18 Å². The zero-order chi connectivity index (χ0) is 19.9. The predicted octanol–water partition coefficient (Wildman–Crippen LogP) is 3.14. The molecule has 2 aliphatic rings. The lowest BCUT2D eigenvalue weighted by Gasteiger charge is -2.30. The zero-order valence-corrected chi connectivity index (χ0v) is 15.5. The monoisotopic (exact) mass is 414 g/mol. The molecule has 2 aliphatic heterocycles. The molecular weight excluding hydrogens is 397 g/mol. The third-order valence-corrected chi connectivity index (χ3v) is 5.77. The molecule has 2 bridgehead atoms. The van der Waals surface area contributed by atoms with Gasteiger partial charge in [0, 0.05) is 10.8 Å². The lowest BCUT2D eigenvalue weighted by molar-refractivity contribution is -0.150. The summed E-state index contributed by atoms with van der Waals surface area (Å²) in [5.41, 5.74) is -0.348. The van der Waals surface area contributed by atoms with Crippen molar-refractivity contribution in [3.63, 3.8) is 0 Å². The average molecular weight is 414 g/mol. The van der Waals surface area contributed by atoms with Gasteiger partial charge in [-0.2, -0.15) is 13.2 Å². The molecule has 0 saturated carbocycles. The number of hydrogen-bond acceptors (Lipinski definition) is 7. The highest BCUT2D eigenvalue weighted by Crippen LogP contribution is 2.39. The first-order chi connectivity index (χ1) is 13.3. The highest BCUT2D eigenvalue weighted by Gasteiger charge is 2.44. The second-order valence-electron chi connectivity index (χ2n) is 6.48. The maximum absolute atomic E-state index is 13.4. The normalized spacial score (nSPS) is 27.0. The summed E-state index contributed by atoms with van der Waals surface area (Å²) in [6, 6.07) is 7.50. The number of aromatic nitrogens is 2. The molecule has 0 amide bonds. The van der Waals surface area contributed by atoms with Gasteiger partial charge in [0.05, 0.1) is 25.5 Å². The van der Waals surface area contributed by atoms with Gasteiger partial charge in [-0.1, -0.05) is 11.8 Å². The zero-order valence-electron chi connectivity index (χ0n) is 14.7. The van der Waals surface area contributed by atoms with Crippen LogP contribution in [0.3, 0.4) is 0 Å². The first-order valence-corrected chi connectivity index (χ1v) is 9.44. The molecule has 2 fully saturated rings. The number of fused-ring (bicyclic) bond motifs is 2. The summed E-state index contributed by atoms with van der Waals surface area (Å²) in [6.45, 7) is 0.281. The SMILES string of the molecule is COc1ccc(-c2cc(C(F)(F)F)nc(S[C@H]3CC(O)[C@@H]4OC[C@H]3O4)n2)cc1. The molecule has 4 atom stereocenters. The van der Waals surface area contributed by atoms with Crippen molar-refractivity contribution in [2.45, 2.75) is 41.5 Å². The summed E-state index contributed by atoms with van der Waals surface area (Å²) >= 11 is 1.06. The maximum Gasteiger partial charge on any atom is 0.433 e. The Morgan fingerprint density at radius 2 is 1.96 bits per heavy atom. The van der Waals surface area contributed by atoms with Crippen molar-refractivity contribution in [1.82, 2.24) is 9.97 Å². The molecule has 150 valence electrons. The second kappa shape index (κ2) is 7.51. The van der Waals surface area contributed by atoms with E-state index in [1.807, 2.05) is 0 Å². The maximum atomic E-state index is 13.4. The van der Waals surface area contributed by atoms with Crippen LogP contribution < -0.4 is 4.74 Å². The number of nitrogens with zero attached hydrogens (tertiary/aromatic N) is 2. The Kier molecular flexibility index (Phi) is 5.21. The summed E-state index contributed by atoms with van der Waals surface area (Å²) in [4.78, 5) is 8.00. The lowest BCUT2D eigenvalue weighted by Crippen LogP contribution is -2.40. The highest BCUT2D eigenvalue weighted by molar-refractivity contribution is 7.99. The first-order valence-electron chi connectivity index (χ1n) is 8.56. The van der Waals surface area contributed by atoms with Crippen molar-refractivity contribution in [3.05, 3.63) is 36.0 Å². The van der Waals surface area contributed by atoms with Gasteiger partial charge in [-0.05, 0) is 36.8 Å². The Hall–Kier alpha value is -1.88. The van der Waals surface area contributed by atoms with Crippen molar-refractivity contribution in [1.29, 1.82) is 0 Å². The molecule has 1 aromatic carbocycles. The number of hydrogen-bond donors (Lipinski definition) is 1. The standard InChI is InChI=1S/C18H17F3N2O4S/c1-25-10-4-2-9(3-5-10)11-6-15(18(19,20)21)23-17(22-11)28-14-7-12(24)16-26-8-13(14)27-16/h2-6,12-14,16,24H,7-8H2,1H3/t12?,13-,14+,16-/m1/s1. The summed E-state index contributed by atoms with van der Waals surface area (Å²) in [5.74, 6) is 0.590. The fourth-order valence-electron chi connectivity index (χ4n) is 3.13. The largest absolute Gasteiger partial charge is 0.497 e. The third kappa shape index (κ3) is 3.95.